The van der Waals surface area contributed by atoms with Crippen LogP contribution in [-0.2, 0) is 4.79 Å². The zero-order valence-corrected chi connectivity index (χ0v) is 11.6. The Morgan fingerprint density at radius 1 is 1.15 bits per heavy atom. The lowest BCUT2D eigenvalue weighted by molar-refractivity contribution is -0.111. The van der Waals surface area contributed by atoms with Crippen LogP contribution in [0.4, 0.5) is 5.69 Å². The largest absolute Gasteiger partial charge is 0.497 e. The van der Waals surface area contributed by atoms with Crippen molar-refractivity contribution in [3.63, 3.8) is 0 Å². The third-order valence-electron chi connectivity index (χ3n) is 2.92. The van der Waals surface area contributed by atoms with Crippen molar-refractivity contribution in [1.82, 2.24) is 0 Å². The van der Waals surface area contributed by atoms with Crippen molar-refractivity contribution < 1.29 is 9.53 Å². The van der Waals surface area contributed by atoms with Crippen molar-refractivity contribution in [2.75, 3.05) is 12.4 Å². The molecule has 1 amide bonds. The van der Waals surface area contributed by atoms with Gasteiger partial charge in [-0.3, -0.25) is 4.79 Å². The fourth-order valence-electron chi connectivity index (χ4n) is 1.80. The van der Waals surface area contributed by atoms with E-state index in [1.54, 1.807) is 13.2 Å². The summed E-state index contributed by atoms with van der Waals surface area (Å²) in [5.74, 6) is 0.619. The van der Waals surface area contributed by atoms with Crippen LogP contribution in [0.25, 0.3) is 6.08 Å². The summed E-state index contributed by atoms with van der Waals surface area (Å²) in [6.45, 7) is 1.96. The summed E-state index contributed by atoms with van der Waals surface area (Å²) in [6, 6.07) is 15.2. The molecule has 2 rings (SSSR count). The average Bonchev–Trinajstić information content (AvgIpc) is 2.48. The topological polar surface area (TPSA) is 38.3 Å². The maximum absolute atomic E-state index is 11.9. The van der Waals surface area contributed by atoms with Crippen LogP contribution in [0.1, 0.15) is 11.1 Å². The molecule has 0 radical (unpaired) electrons. The second-order valence-electron chi connectivity index (χ2n) is 4.41. The van der Waals surface area contributed by atoms with Crippen molar-refractivity contribution in [3.8, 4) is 5.75 Å². The van der Waals surface area contributed by atoms with Gasteiger partial charge in [0.2, 0.25) is 5.91 Å². The van der Waals surface area contributed by atoms with Crippen LogP contribution in [0.2, 0.25) is 0 Å². The van der Waals surface area contributed by atoms with Crippen LogP contribution in [0, 0.1) is 6.92 Å². The van der Waals surface area contributed by atoms with E-state index in [-0.39, 0.29) is 5.91 Å². The second kappa shape index (κ2) is 6.57. The Kier molecular flexibility index (Phi) is 4.56. The van der Waals surface area contributed by atoms with E-state index >= 15 is 0 Å². The molecule has 0 atom stereocenters. The number of hydrogen-bond donors (Lipinski definition) is 1. The van der Waals surface area contributed by atoms with Gasteiger partial charge in [-0.05, 0) is 42.3 Å². The van der Waals surface area contributed by atoms with E-state index in [0.717, 1.165) is 22.6 Å². The van der Waals surface area contributed by atoms with Crippen LogP contribution in [0.3, 0.4) is 0 Å². The summed E-state index contributed by atoms with van der Waals surface area (Å²) in [6.07, 6.45) is 3.28. The molecule has 0 aliphatic carbocycles. The molecule has 0 saturated carbocycles. The summed E-state index contributed by atoms with van der Waals surface area (Å²) < 4.78 is 5.14. The van der Waals surface area contributed by atoms with Crippen LogP contribution < -0.4 is 10.1 Å². The molecule has 102 valence electrons. The van der Waals surface area contributed by atoms with Crippen molar-refractivity contribution in [2.24, 2.45) is 0 Å². The molecule has 1 N–H and O–H groups in total. The molecule has 2 aromatic rings. The average molecular weight is 267 g/mol. The predicted octanol–water partition coefficient (Wildman–Crippen LogP) is 3.66. The van der Waals surface area contributed by atoms with Gasteiger partial charge in [0.15, 0.2) is 0 Å². The van der Waals surface area contributed by atoms with Gasteiger partial charge in [-0.1, -0.05) is 30.3 Å². The van der Waals surface area contributed by atoms with Crippen LogP contribution in [0.5, 0.6) is 5.75 Å². The second-order valence-corrected chi connectivity index (χ2v) is 4.41. The van der Waals surface area contributed by atoms with Gasteiger partial charge >= 0.3 is 0 Å². The molecule has 20 heavy (non-hydrogen) atoms. The molecule has 0 aliphatic rings. The number of para-hydroxylation sites is 1. The lowest BCUT2D eigenvalue weighted by Crippen LogP contribution is -2.08. The number of carbonyl (C=O) groups is 1. The molecule has 3 heteroatoms. The SMILES string of the molecule is COc1cccc(/C=C/C(=O)Nc2ccccc2C)c1. The van der Waals surface area contributed by atoms with E-state index in [1.807, 2.05) is 55.5 Å². The number of methoxy groups -OCH3 is 1. The normalized spacial score (nSPS) is 10.5. The number of benzene rings is 2. The van der Waals surface area contributed by atoms with Crippen molar-refractivity contribution >= 4 is 17.7 Å². The molecule has 0 heterocycles. The standard InChI is InChI=1S/C17H17NO2/c1-13-6-3-4-9-16(13)18-17(19)11-10-14-7-5-8-15(12-14)20-2/h3-12H,1-2H3,(H,18,19)/b11-10+. The molecule has 3 nitrogen and oxygen atoms in total. The zero-order chi connectivity index (χ0) is 14.4. The van der Waals surface area contributed by atoms with Gasteiger partial charge in [0.05, 0.1) is 7.11 Å². The molecular weight excluding hydrogens is 250 g/mol. The van der Waals surface area contributed by atoms with E-state index in [4.69, 9.17) is 4.74 Å². The monoisotopic (exact) mass is 267 g/mol. The summed E-state index contributed by atoms with van der Waals surface area (Å²) in [5, 5.41) is 2.85. The predicted molar refractivity (Wildman–Crippen MR) is 81.8 cm³/mol. The number of ether oxygens (including phenoxy) is 1. The minimum atomic E-state index is -0.151. The minimum Gasteiger partial charge on any atom is -0.497 e. The molecule has 0 unspecified atom stereocenters. The van der Waals surface area contributed by atoms with Gasteiger partial charge in [0.25, 0.3) is 0 Å². The fraction of sp³-hybridized carbons (Fsp3) is 0.118. The highest BCUT2D eigenvalue weighted by Crippen LogP contribution is 2.15. The van der Waals surface area contributed by atoms with Crippen molar-refractivity contribution in [1.29, 1.82) is 0 Å². The molecule has 0 aliphatic heterocycles. The number of rotatable bonds is 4. The Morgan fingerprint density at radius 3 is 2.70 bits per heavy atom. The van der Waals surface area contributed by atoms with Crippen molar-refractivity contribution in [3.05, 3.63) is 65.7 Å². The van der Waals surface area contributed by atoms with Gasteiger partial charge in [-0.2, -0.15) is 0 Å². The van der Waals surface area contributed by atoms with E-state index in [0.29, 0.717) is 0 Å². The molecule has 2 aromatic carbocycles. The molecule has 0 saturated heterocycles. The highest BCUT2D eigenvalue weighted by molar-refractivity contribution is 6.02. The Hall–Kier alpha value is -2.55. The van der Waals surface area contributed by atoms with Crippen LogP contribution >= 0.6 is 0 Å². The van der Waals surface area contributed by atoms with Gasteiger partial charge in [-0.15, -0.1) is 0 Å². The first-order valence-electron chi connectivity index (χ1n) is 6.38. The Labute approximate surface area is 118 Å². The lowest BCUT2D eigenvalue weighted by Gasteiger charge is -2.05. The van der Waals surface area contributed by atoms with Gasteiger partial charge in [0.1, 0.15) is 5.75 Å². The number of amides is 1. The summed E-state index contributed by atoms with van der Waals surface area (Å²) in [4.78, 5) is 11.9. The number of aryl methyl sites for hydroxylation is 1. The van der Waals surface area contributed by atoms with E-state index in [2.05, 4.69) is 5.32 Å². The Morgan fingerprint density at radius 2 is 1.95 bits per heavy atom. The first-order chi connectivity index (χ1) is 9.69. The molecule has 0 spiro atoms. The van der Waals surface area contributed by atoms with Gasteiger partial charge < -0.3 is 10.1 Å². The van der Waals surface area contributed by atoms with Crippen molar-refractivity contribution in [2.45, 2.75) is 6.92 Å². The smallest absolute Gasteiger partial charge is 0.248 e. The van der Waals surface area contributed by atoms with E-state index in [9.17, 15) is 4.79 Å². The number of anilines is 1. The van der Waals surface area contributed by atoms with Gasteiger partial charge in [0, 0.05) is 11.8 Å². The Balaban J connectivity index is 2.04. The summed E-state index contributed by atoms with van der Waals surface area (Å²) in [5.41, 5.74) is 2.78. The quantitative estimate of drug-likeness (QED) is 0.859. The number of carbonyl (C=O) groups excluding carboxylic acids is 1. The first-order valence-corrected chi connectivity index (χ1v) is 6.38. The van der Waals surface area contributed by atoms with Crippen LogP contribution in [0.15, 0.2) is 54.6 Å². The van der Waals surface area contributed by atoms with E-state index in [1.165, 1.54) is 6.08 Å². The molecular formula is C17H17NO2. The van der Waals surface area contributed by atoms with Gasteiger partial charge in [-0.25, -0.2) is 0 Å². The summed E-state index contributed by atoms with van der Waals surface area (Å²) in [7, 11) is 1.62. The number of hydrogen-bond acceptors (Lipinski definition) is 2. The third kappa shape index (κ3) is 3.72. The Bertz CT molecular complexity index is 632. The third-order valence-corrected chi connectivity index (χ3v) is 2.92. The lowest BCUT2D eigenvalue weighted by atomic mass is 10.2. The maximum atomic E-state index is 11.9. The zero-order valence-electron chi connectivity index (χ0n) is 11.6. The maximum Gasteiger partial charge on any atom is 0.248 e. The highest BCUT2D eigenvalue weighted by Gasteiger charge is 2.00. The number of nitrogens with one attached hydrogen (secondary N) is 1. The molecule has 0 aromatic heterocycles. The van der Waals surface area contributed by atoms with Crippen LogP contribution in [-0.4, -0.2) is 13.0 Å². The first kappa shape index (κ1) is 13.9. The summed E-state index contributed by atoms with van der Waals surface area (Å²) >= 11 is 0. The molecule has 0 fully saturated rings. The minimum absolute atomic E-state index is 0.151. The fourth-order valence-corrected chi connectivity index (χ4v) is 1.80. The highest BCUT2D eigenvalue weighted by atomic mass is 16.5. The molecule has 0 bridgehead atoms. The van der Waals surface area contributed by atoms with E-state index < -0.39 is 0 Å².